The Morgan fingerprint density at radius 1 is 1.32 bits per heavy atom. The van der Waals surface area contributed by atoms with Crippen molar-refractivity contribution in [1.82, 2.24) is 10.2 Å². The molecule has 0 aromatic heterocycles. The van der Waals surface area contributed by atoms with E-state index in [0.29, 0.717) is 6.54 Å². The first-order valence-electron chi connectivity index (χ1n) is 7.62. The second kappa shape index (κ2) is 7.15. The van der Waals surface area contributed by atoms with Gasteiger partial charge in [-0.1, -0.05) is 30.3 Å². The maximum Gasteiger partial charge on any atom is 0.410 e. The number of likely N-dealkylation sites (tertiary alicyclic amines) is 1. The molecule has 1 N–H and O–H groups in total. The van der Waals surface area contributed by atoms with Crippen LogP contribution in [0.3, 0.4) is 0 Å². The highest BCUT2D eigenvalue weighted by molar-refractivity contribution is 8.00. The van der Waals surface area contributed by atoms with Crippen molar-refractivity contribution < 1.29 is 14.3 Å². The standard InChI is InChI=1S/C16H20N2O3S/c19-14(15-17-8-10-22-15)13-7-4-9-18(13)16(20)21-11-12-5-2-1-3-6-12/h1-3,5-6,13,15,17H,4,7-11H2/t13-,15?/m0/s1. The van der Waals surface area contributed by atoms with Crippen LogP contribution < -0.4 is 5.32 Å². The minimum absolute atomic E-state index is 0.108. The summed E-state index contributed by atoms with van der Waals surface area (Å²) in [7, 11) is 0. The number of hydrogen-bond donors (Lipinski definition) is 1. The number of carbonyl (C=O) groups is 2. The van der Waals surface area contributed by atoms with E-state index in [1.54, 1.807) is 16.7 Å². The predicted molar refractivity (Wildman–Crippen MR) is 85.6 cm³/mol. The smallest absolute Gasteiger partial charge is 0.410 e. The zero-order chi connectivity index (χ0) is 15.4. The lowest BCUT2D eigenvalue weighted by Crippen LogP contribution is -2.46. The number of ether oxygens (including phenoxy) is 1. The van der Waals surface area contributed by atoms with Gasteiger partial charge in [0.15, 0.2) is 5.78 Å². The molecule has 22 heavy (non-hydrogen) atoms. The molecule has 5 nitrogen and oxygen atoms in total. The minimum atomic E-state index is -0.386. The number of amides is 1. The van der Waals surface area contributed by atoms with Crippen molar-refractivity contribution >= 4 is 23.6 Å². The number of rotatable bonds is 4. The van der Waals surface area contributed by atoms with Crippen LogP contribution in [0, 0.1) is 0 Å². The number of hydrogen-bond acceptors (Lipinski definition) is 5. The van der Waals surface area contributed by atoms with Crippen molar-refractivity contribution in [3.8, 4) is 0 Å². The van der Waals surface area contributed by atoms with Crippen LogP contribution in [0.2, 0.25) is 0 Å². The lowest BCUT2D eigenvalue weighted by molar-refractivity contribution is -0.122. The third-order valence-corrected chi connectivity index (χ3v) is 5.17. The lowest BCUT2D eigenvalue weighted by Gasteiger charge is -2.24. The van der Waals surface area contributed by atoms with Crippen molar-refractivity contribution in [1.29, 1.82) is 0 Å². The molecule has 2 aliphatic rings. The van der Waals surface area contributed by atoms with Crippen LogP contribution in [0.25, 0.3) is 0 Å². The molecule has 2 heterocycles. The SMILES string of the molecule is O=C(C1NCCS1)[C@@H]1CCCN1C(=O)OCc1ccccc1. The normalized spacial score (nSPS) is 24.5. The Bertz CT molecular complexity index is 531. The summed E-state index contributed by atoms with van der Waals surface area (Å²) < 4.78 is 5.36. The molecule has 1 unspecified atom stereocenters. The van der Waals surface area contributed by atoms with E-state index in [4.69, 9.17) is 4.74 Å². The molecule has 3 rings (SSSR count). The van der Waals surface area contributed by atoms with E-state index in [2.05, 4.69) is 5.32 Å². The van der Waals surface area contributed by atoms with Crippen LogP contribution in [-0.2, 0) is 16.1 Å². The van der Waals surface area contributed by atoms with Crippen LogP contribution in [-0.4, -0.2) is 47.0 Å². The highest BCUT2D eigenvalue weighted by atomic mass is 32.2. The Morgan fingerprint density at radius 2 is 2.14 bits per heavy atom. The van der Waals surface area contributed by atoms with E-state index >= 15 is 0 Å². The molecule has 2 saturated heterocycles. The monoisotopic (exact) mass is 320 g/mol. The molecule has 1 aromatic carbocycles. The number of carbonyl (C=O) groups excluding carboxylic acids is 2. The fourth-order valence-electron chi connectivity index (χ4n) is 2.87. The molecule has 118 valence electrons. The molecule has 1 amide bonds. The number of ketones is 1. The van der Waals surface area contributed by atoms with Crippen molar-refractivity contribution in [2.45, 2.75) is 30.9 Å². The van der Waals surface area contributed by atoms with Gasteiger partial charge in [-0.15, -0.1) is 11.8 Å². The Hall–Kier alpha value is -1.53. The summed E-state index contributed by atoms with van der Waals surface area (Å²) in [6, 6.07) is 9.24. The van der Waals surface area contributed by atoms with Gasteiger partial charge < -0.3 is 4.74 Å². The molecule has 0 spiro atoms. The van der Waals surface area contributed by atoms with Crippen LogP contribution in [0.1, 0.15) is 18.4 Å². The zero-order valence-corrected chi connectivity index (χ0v) is 13.2. The van der Waals surface area contributed by atoms with E-state index in [-0.39, 0.29) is 29.9 Å². The second-order valence-electron chi connectivity index (χ2n) is 5.50. The van der Waals surface area contributed by atoms with Crippen LogP contribution in [0.5, 0.6) is 0 Å². The van der Waals surface area contributed by atoms with Gasteiger partial charge in [0.2, 0.25) is 0 Å². The van der Waals surface area contributed by atoms with Gasteiger partial charge in [-0.05, 0) is 18.4 Å². The summed E-state index contributed by atoms with van der Waals surface area (Å²) >= 11 is 1.62. The number of Topliss-reactive ketones (excluding diaryl/α,β-unsaturated/α-hetero) is 1. The quantitative estimate of drug-likeness (QED) is 0.920. The highest BCUT2D eigenvalue weighted by Crippen LogP contribution is 2.25. The Balaban J connectivity index is 1.57. The molecule has 1 aromatic rings. The number of nitrogens with one attached hydrogen (secondary N) is 1. The summed E-state index contributed by atoms with van der Waals surface area (Å²) in [5.74, 6) is 1.05. The lowest BCUT2D eigenvalue weighted by atomic mass is 10.1. The second-order valence-corrected chi connectivity index (χ2v) is 6.71. The van der Waals surface area contributed by atoms with Crippen molar-refractivity contribution in [2.24, 2.45) is 0 Å². The Labute approximate surface area is 134 Å². The van der Waals surface area contributed by atoms with Crippen LogP contribution in [0.4, 0.5) is 4.79 Å². The summed E-state index contributed by atoms with van der Waals surface area (Å²) in [5.41, 5.74) is 0.950. The van der Waals surface area contributed by atoms with Crippen molar-refractivity contribution in [3.63, 3.8) is 0 Å². The topological polar surface area (TPSA) is 58.6 Å². The summed E-state index contributed by atoms with van der Waals surface area (Å²) in [6.45, 7) is 1.70. The fraction of sp³-hybridized carbons (Fsp3) is 0.500. The van der Waals surface area contributed by atoms with Gasteiger partial charge in [0.25, 0.3) is 0 Å². The summed E-state index contributed by atoms with van der Waals surface area (Å²) in [4.78, 5) is 26.4. The molecule has 2 aliphatic heterocycles. The number of nitrogens with zero attached hydrogens (tertiary/aromatic N) is 1. The van der Waals surface area contributed by atoms with Gasteiger partial charge in [0.1, 0.15) is 12.0 Å². The predicted octanol–water partition coefficient (Wildman–Crippen LogP) is 2.02. The van der Waals surface area contributed by atoms with E-state index < -0.39 is 0 Å². The molecule has 6 heteroatoms. The number of benzene rings is 1. The molecule has 0 aliphatic carbocycles. The summed E-state index contributed by atoms with van der Waals surface area (Å²) in [6.07, 6.45) is 1.20. The minimum Gasteiger partial charge on any atom is -0.445 e. The van der Waals surface area contributed by atoms with Crippen molar-refractivity contribution in [3.05, 3.63) is 35.9 Å². The molecule has 0 radical (unpaired) electrons. The van der Waals surface area contributed by atoms with Gasteiger partial charge in [-0.2, -0.15) is 0 Å². The molecular weight excluding hydrogens is 300 g/mol. The van der Waals surface area contributed by atoms with Crippen LogP contribution >= 0.6 is 11.8 Å². The van der Waals surface area contributed by atoms with Gasteiger partial charge in [0.05, 0.1) is 6.04 Å². The van der Waals surface area contributed by atoms with Gasteiger partial charge in [-0.3, -0.25) is 15.0 Å². The van der Waals surface area contributed by atoms with E-state index in [9.17, 15) is 9.59 Å². The molecular formula is C16H20N2O3S. The summed E-state index contributed by atoms with van der Waals surface area (Å²) in [5, 5.41) is 3.01. The first-order valence-corrected chi connectivity index (χ1v) is 8.66. The molecule has 2 fully saturated rings. The van der Waals surface area contributed by atoms with Crippen LogP contribution in [0.15, 0.2) is 30.3 Å². The Kier molecular flexibility index (Phi) is 5.00. The molecule has 2 atom stereocenters. The Morgan fingerprint density at radius 3 is 2.86 bits per heavy atom. The van der Waals surface area contributed by atoms with Crippen molar-refractivity contribution in [2.75, 3.05) is 18.8 Å². The fourth-order valence-corrected chi connectivity index (χ4v) is 3.89. The first kappa shape index (κ1) is 15.4. The largest absolute Gasteiger partial charge is 0.445 e. The number of thioether (sulfide) groups is 1. The average Bonchev–Trinajstić information content (AvgIpc) is 3.24. The van der Waals surface area contributed by atoms with E-state index in [1.807, 2.05) is 30.3 Å². The maximum atomic E-state index is 12.5. The van der Waals surface area contributed by atoms with Gasteiger partial charge in [-0.25, -0.2) is 4.79 Å². The van der Waals surface area contributed by atoms with Gasteiger partial charge >= 0.3 is 6.09 Å². The van der Waals surface area contributed by atoms with E-state index in [1.165, 1.54) is 0 Å². The average molecular weight is 320 g/mol. The molecule has 0 bridgehead atoms. The first-order chi connectivity index (χ1) is 10.8. The zero-order valence-electron chi connectivity index (χ0n) is 12.4. The third kappa shape index (κ3) is 3.44. The third-order valence-electron chi connectivity index (χ3n) is 4.00. The van der Waals surface area contributed by atoms with E-state index in [0.717, 1.165) is 30.7 Å². The highest BCUT2D eigenvalue weighted by Gasteiger charge is 2.39. The maximum absolute atomic E-state index is 12.5. The molecule has 0 saturated carbocycles. The van der Waals surface area contributed by atoms with Gasteiger partial charge in [0, 0.05) is 18.8 Å².